The van der Waals surface area contributed by atoms with Gasteiger partial charge in [0, 0.05) is 24.5 Å². The van der Waals surface area contributed by atoms with Crippen LogP contribution in [0, 0.1) is 12.3 Å². The molecule has 2 amide bonds. The minimum atomic E-state index is -0.128. The van der Waals surface area contributed by atoms with Gasteiger partial charge in [0.1, 0.15) is 5.88 Å². The number of nitrogens with zero attached hydrogens (tertiary/aromatic N) is 1. The van der Waals surface area contributed by atoms with Gasteiger partial charge >= 0.3 is 0 Å². The van der Waals surface area contributed by atoms with Crippen LogP contribution in [0.1, 0.15) is 30.9 Å². The topological polar surface area (TPSA) is 49.4 Å². The first-order valence-electron chi connectivity index (χ1n) is 8.78. The van der Waals surface area contributed by atoms with Crippen molar-refractivity contribution in [3.05, 3.63) is 29.3 Å². The predicted molar refractivity (Wildman–Crippen MR) is 102 cm³/mol. The van der Waals surface area contributed by atoms with Crippen LogP contribution in [0.25, 0.3) is 0 Å². The Labute approximate surface area is 158 Å². The average molecular weight is 381 g/mol. The van der Waals surface area contributed by atoms with Crippen LogP contribution in [0.15, 0.2) is 23.1 Å². The maximum Gasteiger partial charge on any atom is 0.236 e. The molecular weight excluding hydrogens is 356 g/mol. The predicted octanol–water partition coefficient (Wildman–Crippen LogP) is 3.00. The number of likely N-dealkylation sites (tertiary alicyclic amines) is 1. The maximum atomic E-state index is 12.9. The highest BCUT2D eigenvalue weighted by atomic mass is 35.5. The van der Waals surface area contributed by atoms with Gasteiger partial charge in [0.15, 0.2) is 0 Å². The molecule has 6 heteroatoms. The van der Waals surface area contributed by atoms with Gasteiger partial charge in [-0.2, -0.15) is 0 Å². The van der Waals surface area contributed by atoms with Crippen LogP contribution >= 0.6 is 23.4 Å². The summed E-state index contributed by atoms with van der Waals surface area (Å²) in [7, 11) is 0. The molecule has 1 unspecified atom stereocenters. The lowest BCUT2D eigenvalue weighted by atomic mass is 9.80. The van der Waals surface area contributed by atoms with Crippen LogP contribution in [-0.4, -0.2) is 47.5 Å². The fraction of sp³-hybridized carbons (Fsp3) is 0.579. The monoisotopic (exact) mass is 380 g/mol. The third kappa shape index (κ3) is 4.32. The zero-order chi connectivity index (χ0) is 18.0. The van der Waals surface area contributed by atoms with E-state index < -0.39 is 0 Å². The number of fused-ring (bicyclic) bond motifs is 1. The van der Waals surface area contributed by atoms with Gasteiger partial charge < -0.3 is 10.2 Å². The first kappa shape index (κ1) is 18.6. The van der Waals surface area contributed by atoms with Crippen molar-refractivity contribution >= 4 is 35.2 Å². The number of aryl methyl sites for hydroxylation is 1. The number of carbonyl (C=O) groups is 2. The van der Waals surface area contributed by atoms with Crippen molar-refractivity contribution in [3.63, 3.8) is 0 Å². The summed E-state index contributed by atoms with van der Waals surface area (Å²) in [5, 5.41) is 2.89. The van der Waals surface area contributed by atoms with Crippen LogP contribution < -0.4 is 5.32 Å². The molecule has 0 spiro atoms. The van der Waals surface area contributed by atoms with Crippen LogP contribution in [0.5, 0.6) is 0 Å². The molecule has 136 valence electrons. The number of thioether (sulfide) groups is 1. The first-order valence-corrected chi connectivity index (χ1v) is 10.2. The zero-order valence-corrected chi connectivity index (χ0v) is 16.4. The Morgan fingerprint density at radius 2 is 2.08 bits per heavy atom. The third-order valence-electron chi connectivity index (χ3n) is 5.29. The molecule has 2 aliphatic heterocycles. The molecule has 0 aliphatic carbocycles. The summed E-state index contributed by atoms with van der Waals surface area (Å²) < 4.78 is 0. The van der Waals surface area contributed by atoms with E-state index in [2.05, 4.69) is 37.4 Å². The van der Waals surface area contributed by atoms with Crippen LogP contribution in [0.2, 0.25) is 0 Å². The minimum Gasteiger partial charge on any atom is -0.355 e. The van der Waals surface area contributed by atoms with E-state index in [1.54, 1.807) is 11.8 Å². The second-order valence-electron chi connectivity index (χ2n) is 7.47. The van der Waals surface area contributed by atoms with E-state index >= 15 is 0 Å². The van der Waals surface area contributed by atoms with Gasteiger partial charge in [0.25, 0.3) is 0 Å². The number of hydrogen-bond acceptors (Lipinski definition) is 3. The second-order valence-corrected chi connectivity index (χ2v) is 8.98. The van der Waals surface area contributed by atoms with Crippen molar-refractivity contribution in [2.45, 2.75) is 43.3 Å². The lowest BCUT2D eigenvalue weighted by Gasteiger charge is -2.40. The van der Waals surface area contributed by atoms with Crippen molar-refractivity contribution in [2.24, 2.45) is 5.41 Å². The first-order chi connectivity index (χ1) is 11.9. The van der Waals surface area contributed by atoms with E-state index in [1.165, 1.54) is 16.0 Å². The second kappa shape index (κ2) is 7.58. The molecule has 4 nitrogen and oxygen atoms in total. The van der Waals surface area contributed by atoms with Crippen LogP contribution in [0.3, 0.4) is 0 Å². The SMILES string of the molecule is Cc1ccc2c(c1)SC(C(=O)N1CCC(C)(CNC(=O)CCl)CC1)C2. The Hall–Kier alpha value is -1.20. The number of amides is 2. The Morgan fingerprint density at radius 3 is 2.76 bits per heavy atom. The van der Waals surface area contributed by atoms with Gasteiger partial charge in [-0.1, -0.05) is 24.6 Å². The Kier molecular flexibility index (Phi) is 5.64. The Morgan fingerprint density at radius 1 is 1.36 bits per heavy atom. The van der Waals surface area contributed by atoms with Gasteiger partial charge in [-0.15, -0.1) is 23.4 Å². The molecule has 2 heterocycles. The number of nitrogens with one attached hydrogen (secondary N) is 1. The summed E-state index contributed by atoms with van der Waals surface area (Å²) in [6.07, 6.45) is 2.65. The number of alkyl halides is 1. The number of carbonyl (C=O) groups excluding carboxylic acids is 2. The number of piperidine rings is 1. The molecule has 1 saturated heterocycles. The number of benzene rings is 1. The van der Waals surface area contributed by atoms with E-state index in [1.807, 2.05) is 4.90 Å². The van der Waals surface area contributed by atoms with Crippen molar-refractivity contribution < 1.29 is 9.59 Å². The average Bonchev–Trinajstić information content (AvgIpc) is 3.03. The van der Waals surface area contributed by atoms with Crippen LogP contribution in [-0.2, 0) is 16.0 Å². The smallest absolute Gasteiger partial charge is 0.236 e. The molecule has 1 N–H and O–H groups in total. The van der Waals surface area contributed by atoms with E-state index in [0.29, 0.717) is 6.54 Å². The number of halogens is 1. The van der Waals surface area contributed by atoms with E-state index in [9.17, 15) is 9.59 Å². The molecule has 0 saturated carbocycles. The highest BCUT2D eigenvalue weighted by Crippen LogP contribution is 2.39. The molecule has 3 rings (SSSR count). The lowest BCUT2D eigenvalue weighted by molar-refractivity contribution is -0.133. The number of rotatable bonds is 4. The summed E-state index contributed by atoms with van der Waals surface area (Å²) in [6.45, 7) is 6.41. The molecular formula is C19H25ClN2O2S. The normalized spacial score (nSPS) is 21.7. The Bertz CT molecular complexity index is 671. The van der Waals surface area contributed by atoms with Gasteiger partial charge in [0.05, 0.1) is 5.25 Å². The lowest BCUT2D eigenvalue weighted by Crippen LogP contribution is -2.48. The van der Waals surface area contributed by atoms with Gasteiger partial charge in [-0.05, 0) is 43.2 Å². The molecule has 1 atom stereocenters. The third-order valence-corrected chi connectivity index (χ3v) is 6.82. The quantitative estimate of drug-likeness (QED) is 0.817. The van der Waals surface area contributed by atoms with Gasteiger partial charge in [-0.3, -0.25) is 9.59 Å². The zero-order valence-electron chi connectivity index (χ0n) is 14.8. The molecule has 1 aromatic carbocycles. The maximum absolute atomic E-state index is 12.9. The summed E-state index contributed by atoms with van der Waals surface area (Å²) in [6, 6.07) is 6.45. The number of hydrogen-bond donors (Lipinski definition) is 1. The largest absolute Gasteiger partial charge is 0.355 e. The fourth-order valence-corrected chi connectivity index (χ4v) is 4.95. The summed E-state index contributed by atoms with van der Waals surface area (Å²) >= 11 is 7.24. The van der Waals surface area contributed by atoms with Crippen molar-refractivity contribution in [2.75, 3.05) is 25.5 Å². The molecule has 0 bridgehead atoms. The van der Waals surface area contributed by atoms with Crippen LogP contribution in [0.4, 0.5) is 0 Å². The van der Waals surface area contributed by atoms with E-state index in [4.69, 9.17) is 11.6 Å². The summed E-state index contributed by atoms with van der Waals surface area (Å²) in [5.74, 6) is 0.127. The van der Waals surface area contributed by atoms with Gasteiger partial charge in [-0.25, -0.2) is 0 Å². The molecule has 1 fully saturated rings. The fourth-order valence-electron chi connectivity index (χ4n) is 3.48. The molecule has 2 aliphatic rings. The molecule has 0 aromatic heterocycles. The van der Waals surface area contributed by atoms with Gasteiger partial charge in [0.2, 0.25) is 11.8 Å². The molecule has 0 radical (unpaired) electrons. The minimum absolute atomic E-state index is 0.000369. The molecule has 1 aromatic rings. The summed E-state index contributed by atoms with van der Waals surface area (Å²) in [4.78, 5) is 27.5. The van der Waals surface area contributed by atoms with E-state index in [-0.39, 0.29) is 28.4 Å². The van der Waals surface area contributed by atoms with Crippen molar-refractivity contribution in [3.8, 4) is 0 Å². The van der Waals surface area contributed by atoms with Crippen molar-refractivity contribution in [1.82, 2.24) is 10.2 Å². The molecule has 25 heavy (non-hydrogen) atoms. The van der Waals surface area contributed by atoms with E-state index in [0.717, 1.165) is 32.4 Å². The highest BCUT2D eigenvalue weighted by Gasteiger charge is 2.36. The summed E-state index contributed by atoms with van der Waals surface area (Å²) in [5.41, 5.74) is 2.58. The standard InChI is InChI=1S/C19H25ClN2O2S/c1-13-3-4-14-10-16(25-15(14)9-13)18(24)22-7-5-19(2,6-8-22)12-21-17(23)11-20/h3-4,9,16H,5-8,10-12H2,1-2H3,(H,21,23). The Balaban J connectivity index is 1.53. The highest BCUT2D eigenvalue weighted by molar-refractivity contribution is 8.01. The van der Waals surface area contributed by atoms with Crippen molar-refractivity contribution in [1.29, 1.82) is 0 Å².